The highest BCUT2D eigenvalue weighted by Crippen LogP contribution is 2.32. The number of hydrogen-bond donors (Lipinski definition) is 3. The van der Waals surface area contributed by atoms with Crippen molar-refractivity contribution in [2.24, 2.45) is 5.92 Å². The van der Waals surface area contributed by atoms with Gasteiger partial charge in [0.15, 0.2) is 0 Å². The molecule has 0 spiro atoms. The molecule has 0 saturated carbocycles. The lowest BCUT2D eigenvalue weighted by molar-refractivity contribution is -0.140. The van der Waals surface area contributed by atoms with Crippen LogP contribution < -0.4 is 14.8 Å². The number of carboxylic acid groups (broad SMARTS) is 1. The Morgan fingerprint density at radius 3 is 2.63 bits per heavy atom. The van der Waals surface area contributed by atoms with E-state index >= 15 is 0 Å². The van der Waals surface area contributed by atoms with Crippen molar-refractivity contribution in [2.45, 2.75) is 16.7 Å². The molecule has 2 rings (SSSR count). The Hall–Kier alpha value is -2.60. The summed E-state index contributed by atoms with van der Waals surface area (Å²) in [5.74, 6) is -2.66. The molecule has 1 aliphatic carbocycles. The molecule has 1 aromatic heterocycles. The van der Waals surface area contributed by atoms with Crippen molar-refractivity contribution in [3.05, 3.63) is 30.4 Å². The van der Waals surface area contributed by atoms with Gasteiger partial charge in [-0.2, -0.15) is 4.98 Å². The first-order valence-corrected chi connectivity index (χ1v) is 10.2. The quantitative estimate of drug-likeness (QED) is 0.462. The van der Waals surface area contributed by atoms with Crippen LogP contribution in [0.4, 0.5) is 10.7 Å². The molecule has 0 bridgehead atoms. The van der Waals surface area contributed by atoms with Crippen LogP contribution in [0.25, 0.3) is 0 Å². The summed E-state index contributed by atoms with van der Waals surface area (Å²) in [5, 5.41) is 12.0. The summed E-state index contributed by atoms with van der Waals surface area (Å²) in [7, 11) is -3.02. The van der Waals surface area contributed by atoms with Gasteiger partial charge in [-0.1, -0.05) is 24.3 Å². The molecule has 1 heterocycles. The van der Waals surface area contributed by atoms with Crippen LogP contribution >= 0.6 is 11.8 Å². The van der Waals surface area contributed by atoms with Crippen molar-refractivity contribution in [1.82, 2.24) is 14.7 Å². The molecule has 27 heavy (non-hydrogen) atoms. The highest BCUT2D eigenvalue weighted by molar-refractivity contribution is 7.98. The first-order valence-electron chi connectivity index (χ1n) is 7.52. The first kappa shape index (κ1) is 20.7. The number of amides is 2. The SMILES string of the molecule is COc1cc(SC)nc(NC(=O)NS(=O)(=O)C2(C)C=CC=CC2C(=O)O)n1. The number of hydrogen-bond acceptors (Lipinski definition) is 8. The summed E-state index contributed by atoms with van der Waals surface area (Å²) in [4.78, 5) is 31.5. The van der Waals surface area contributed by atoms with Gasteiger partial charge in [-0.3, -0.25) is 10.1 Å². The van der Waals surface area contributed by atoms with Gasteiger partial charge < -0.3 is 9.84 Å². The van der Waals surface area contributed by atoms with Gasteiger partial charge in [0, 0.05) is 6.07 Å². The molecule has 0 saturated heterocycles. The van der Waals surface area contributed by atoms with Gasteiger partial charge in [0.05, 0.1) is 13.0 Å². The maximum atomic E-state index is 12.7. The zero-order valence-electron chi connectivity index (χ0n) is 14.7. The summed E-state index contributed by atoms with van der Waals surface area (Å²) in [6.45, 7) is 1.22. The van der Waals surface area contributed by atoms with Gasteiger partial charge in [-0.25, -0.2) is 22.9 Å². The number of rotatable bonds is 6. The van der Waals surface area contributed by atoms with E-state index < -0.39 is 32.7 Å². The number of carboxylic acids is 1. The zero-order valence-corrected chi connectivity index (χ0v) is 16.3. The number of carbonyl (C=O) groups excluding carboxylic acids is 1. The van der Waals surface area contributed by atoms with E-state index in [9.17, 15) is 23.1 Å². The fraction of sp³-hybridized carbons (Fsp3) is 0.333. The lowest BCUT2D eigenvalue weighted by Crippen LogP contribution is -2.52. The largest absolute Gasteiger partial charge is 0.481 e. The van der Waals surface area contributed by atoms with E-state index in [1.54, 1.807) is 12.3 Å². The molecule has 0 fully saturated rings. The Bertz CT molecular complexity index is 893. The second kappa shape index (κ2) is 7.96. The second-order valence-electron chi connectivity index (χ2n) is 5.58. The lowest BCUT2D eigenvalue weighted by atomic mass is 9.89. The summed E-state index contributed by atoms with van der Waals surface area (Å²) < 4.78 is 30.3. The van der Waals surface area contributed by atoms with Crippen LogP contribution in [0, 0.1) is 5.92 Å². The van der Waals surface area contributed by atoms with Gasteiger partial charge in [0.1, 0.15) is 9.77 Å². The van der Waals surface area contributed by atoms with Crippen molar-refractivity contribution in [2.75, 3.05) is 18.7 Å². The number of nitrogens with one attached hydrogen (secondary N) is 2. The minimum Gasteiger partial charge on any atom is -0.481 e. The maximum absolute atomic E-state index is 12.7. The molecule has 2 amide bonds. The van der Waals surface area contributed by atoms with E-state index in [2.05, 4.69) is 15.3 Å². The molecule has 3 N–H and O–H groups in total. The number of thioether (sulfide) groups is 1. The number of nitrogens with zero attached hydrogens (tertiary/aromatic N) is 2. The predicted molar refractivity (Wildman–Crippen MR) is 99.3 cm³/mol. The average Bonchev–Trinajstić information content (AvgIpc) is 2.60. The molecular formula is C15H18N4O6S2. The second-order valence-corrected chi connectivity index (χ2v) is 8.50. The molecule has 0 radical (unpaired) electrons. The average molecular weight is 414 g/mol. The van der Waals surface area contributed by atoms with Crippen LogP contribution in [-0.2, 0) is 14.8 Å². The van der Waals surface area contributed by atoms with Gasteiger partial charge in [0.2, 0.25) is 21.9 Å². The minimum absolute atomic E-state index is 0.162. The Kier molecular flexibility index (Phi) is 6.11. The number of ether oxygens (including phenoxy) is 1. The van der Waals surface area contributed by atoms with Gasteiger partial charge >= 0.3 is 12.0 Å². The summed E-state index contributed by atoms with van der Waals surface area (Å²) in [6, 6.07) is 0.422. The first-order chi connectivity index (χ1) is 12.6. The van der Waals surface area contributed by atoms with Crippen molar-refractivity contribution >= 4 is 39.7 Å². The number of carbonyl (C=O) groups is 2. The molecule has 1 aliphatic rings. The highest BCUT2D eigenvalue weighted by Gasteiger charge is 2.48. The van der Waals surface area contributed by atoms with Crippen LogP contribution in [0.15, 0.2) is 35.4 Å². The molecular weight excluding hydrogens is 396 g/mol. The molecule has 10 nitrogen and oxygen atoms in total. The minimum atomic E-state index is -4.40. The summed E-state index contributed by atoms with van der Waals surface area (Å²) in [6.07, 6.45) is 7.06. The van der Waals surface area contributed by atoms with Crippen LogP contribution in [0.1, 0.15) is 6.92 Å². The molecule has 2 unspecified atom stereocenters. The number of anilines is 1. The fourth-order valence-electron chi connectivity index (χ4n) is 2.33. The molecule has 0 aromatic carbocycles. The third kappa shape index (κ3) is 4.39. The summed E-state index contributed by atoms with van der Waals surface area (Å²) in [5.41, 5.74) is 0. The maximum Gasteiger partial charge on any atom is 0.335 e. The smallest absolute Gasteiger partial charge is 0.335 e. The van der Waals surface area contributed by atoms with Crippen LogP contribution in [0.3, 0.4) is 0 Å². The standard InChI is InChI=1S/C15H18N4O6S2/c1-15(7-5-4-6-9(15)12(20)21)27(23,24)19-14(22)18-13-16-10(25-2)8-11(17-13)26-3/h4-9H,1-3H3,(H,20,21)(H2,16,17,18,19,22). The molecule has 0 aliphatic heterocycles. The van der Waals surface area contributed by atoms with Crippen LogP contribution in [0.5, 0.6) is 5.88 Å². The Morgan fingerprint density at radius 1 is 1.33 bits per heavy atom. The predicted octanol–water partition coefficient (Wildman–Crippen LogP) is 1.24. The van der Waals surface area contributed by atoms with Crippen molar-refractivity contribution in [3.63, 3.8) is 0 Å². The monoisotopic (exact) mass is 414 g/mol. The highest BCUT2D eigenvalue weighted by atomic mass is 32.2. The number of sulfonamides is 1. The topological polar surface area (TPSA) is 148 Å². The van der Waals surface area contributed by atoms with Gasteiger partial charge in [-0.15, -0.1) is 11.8 Å². The third-order valence-corrected chi connectivity index (χ3v) is 6.48. The lowest BCUT2D eigenvalue weighted by Gasteiger charge is -2.31. The number of aliphatic carboxylic acids is 1. The van der Waals surface area contributed by atoms with E-state index in [-0.39, 0.29) is 11.8 Å². The Labute approximate surface area is 160 Å². The molecule has 146 valence electrons. The summed E-state index contributed by atoms with van der Waals surface area (Å²) >= 11 is 1.28. The number of allylic oxidation sites excluding steroid dienone is 2. The van der Waals surface area contributed by atoms with Crippen LogP contribution in [0.2, 0.25) is 0 Å². The van der Waals surface area contributed by atoms with Crippen molar-refractivity contribution in [3.8, 4) is 5.88 Å². The normalized spacial score (nSPS) is 21.5. The number of aromatic nitrogens is 2. The number of urea groups is 1. The van der Waals surface area contributed by atoms with Crippen LogP contribution in [-0.4, -0.2) is 53.6 Å². The Morgan fingerprint density at radius 2 is 2.04 bits per heavy atom. The molecule has 2 atom stereocenters. The van der Waals surface area contributed by atoms with Crippen molar-refractivity contribution < 1.29 is 27.9 Å². The van der Waals surface area contributed by atoms with E-state index in [1.165, 1.54) is 50.1 Å². The molecule has 12 heteroatoms. The number of methoxy groups -OCH3 is 1. The Balaban J connectivity index is 2.23. The zero-order chi connectivity index (χ0) is 20.2. The fourth-order valence-corrected chi connectivity index (χ4v) is 4.01. The molecule has 1 aromatic rings. The van der Waals surface area contributed by atoms with Gasteiger partial charge in [-0.05, 0) is 13.2 Å². The van der Waals surface area contributed by atoms with E-state index in [0.29, 0.717) is 5.03 Å². The van der Waals surface area contributed by atoms with E-state index in [4.69, 9.17) is 4.74 Å². The van der Waals surface area contributed by atoms with E-state index in [1.807, 2.05) is 4.72 Å². The van der Waals surface area contributed by atoms with Gasteiger partial charge in [0.25, 0.3) is 0 Å². The van der Waals surface area contributed by atoms with E-state index in [0.717, 1.165) is 0 Å². The third-order valence-electron chi connectivity index (χ3n) is 3.85. The van der Waals surface area contributed by atoms with Crippen molar-refractivity contribution in [1.29, 1.82) is 0 Å².